The first-order valence-electron chi connectivity index (χ1n) is 24.5. The molecule has 0 amide bonds. The van der Waals surface area contributed by atoms with Gasteiger partial charge in [0.05, 0.1) is 43.7 Å². The highest BCUT2D eigenvalue weighted by Crippen LogP contribution is 2.76. The third-order valence-corrected chi connectivity index (χ3v) is 18.7. The summed E-state index contributed by atoms with van der Waals surface area (Å²) in [7, 11) is 0. The Morgan fingerprint density at radius 1 is 0.642 bits per heavy atom. The summed E-state index contributed by atoms with van der Waals surface area (Å²) >= 11 is 0. The first-order valence-corrected chi connectivity index (χ1v) is 24.5. The van der Waals surface area contributed by atoms with E-state index in [-0.39, 0.29) is 17.8 Å². The van der Waals surface area contributed by atoms with Crippen molar-refractivity contribution in [1.82, 2.24) is 0 Å². The summed E-state index contributed by atoms with van der Waals surface area (Å²) in [5, 5.41) is 142. The Labute approximate surface area is 393 Å². The average molecular weight is 963 g/mol. The summed E-state index contributed by atoms with van der Waals surface area (Å²) in [5.41, 5.74) is -2.56. The van der Waals surface area contributed by atoms with E-state index in [9.17, 15) is 66.4 Å². The number of rotatable bonds is 13. The summed E-state index contributed by atoms with van der Waals surface area (Å²) in [6, 6.07) is 0. The van der Waals surface area contributed by atoms with Gasteiger partial charge in [-0.25, -0.2) is 0 Å². The molecule has 4 aliphatic carbocycles. The van der Waals surface area contributed by atoms with E-state index in [4.69, 9.17) is 28.4 Å². The van der Waals surface area contributed by atoms with Crippen LogP contribution in [0.3, 0.4) is 0 Å². The zero-order valence-corrected chi connectivity index (χ0v) is 40.3. The van der Waals surface area contributed by atoms with Gasteiger partial charge in [-0.05, 0) is 117 Å². The maximum absolute atomic E-state index is 12.7. The zero-order chi connectivity index (χ0) is 49.5. The van der Waals surface area contributed by atoms with Gasteiger partial charge in [0.1, 0.15) is 73.2 Å². The summed E-state index contributed by atoms with van der Waals surface area (Å²) in [6.45, 7) is 14.4. The topological polar surface area (TPSA) is 318 Å². The minimum atomic E-state index is -1.86. The number of fused-ring (bicyclic) bond motifs is 5. The lowest BCUT2D eigenvalue weighted by molar-refractivity contribution is -0.383. The molecule has 0 bridgehead atoms. The summed E-state index contributed by atoms with van der Waals surface area (Å²) in [4.78, 5) is 0. The molecule has 19 nitrogen and oxygen atoms in total. The Morgan fingerprint density at radius 3 is 1.75 bits per heavy atom. The van der Waals surface area contributed by atoms with E-state index in [1.54, 1.807) is 0 Å². The van der Waals surface area contributed by atoms with E-state index < -0.39 is 163 Å². The van der Waals surface area contributed by atoms with E-state index >= 15 is 0 Å². The van der Waals surface area contributed by atoms with Crippen LogP contribution in [0.5, 0.6) is 0 Å². The predicted octanol–water partition coefficient (Wildman–Crippen LogP) is -1.06. The second-order valence-corrected chi connectivity index (χ2v) is 23.1. The SMILES string of the molecule is CC(C)=CCC[C@@](C)(O[C@@H]1O[C@H](CO)[C@@H](O)[C@H](O)[C@H]1O)[C@H]1CC[C@]2(C)[C@@H]1[C@H](O)C[C@@H]1[C@@]3(C)CC[C@@H](O)C(C)(C)[C@H]3[C@H](O[C@@H]3O[C@H](CO)[C@@H](O)[C@H](O)[C@H]3O[C@@H]3O[C@H](CO)[C@@H](O)[C@H](O)[C@H]3O)C[C@]12C. The largest absolute Gasteiger partial charge is 0.394 e. The van der Waals surface area contributed by atoms with Gasteiger partial charge in [-0.15, -0.1) is 0 Å². The van der Waals surface area contributed by atoms with Crippen LogP contribution in [0, 0.1) is 45.3 Å². The fourth-order valence-corrected chi connectivity index (χ4v) is 14.9. The highest BCUT2D eigenvalue weighted by Gasteiger charge is 2.74. The van der Waals surface area contributed by atoms with Crippen molar-refractivity contribution in [3.05, 3.63) is 11.6 Å². The molecule has 7 aliphatic rings. The van der Waals surface area contributed by atoms with Gasteiger partial charge in [-0.1, -0.05) is 46.3 Å². The van der Waals surface area contributed by atoms with Crippen molar-refractivity contribution in [2.45, 2.75) is 223 Å². The lowest BCUT2D eigenvalue weighted by atomic mass is 9.34. The summed E-state index contributed by atoms with van der Waals surface area (Å²) in [5.74, 6) is -1.22. The highest BCUT2D eigenvalue weighted by molar-refractivity contribution is 5.22. The van der Waals surface area contributed by atoms with Gasteiger partial charge < -0.3 is 94.8 Å². The van der Waals surface area contributed by atoms with Crippen molar-refractivity contribution in [1.29, 1.82) is 0 Å². The minimum absolute atomic E-state index is 0.110. The summed E-state index contributed by atoms with van der Waals surface area (Å²) in [6.07, 6.45) is -20.0. The Kier molecular flexibility index (Phi) is 15.9. The van der Waals surface area contributed by atoms with Crippen LogP contribution in [0.15, 0.2) is 11.6 Å². The molecule has 3 aliphatic heterocycles. The van der Waals surface area contributed by atoms with E-state index in [0.29, 0.717) is 51.4 Å². The molecular formula is C48H82O19. The lowest BCUT2D eigenvalue weighted by Gasteiger charge is -2.72. The molecule has 0 aromatic rings. The molecule has 3 saturated heterocycles. The molecule has 388 valence electrons. The molecule has 0 radical (unpaired) electrons. The molecule has 0 aromatic carbocycles. The number of ether oxygens (including phenoxy) is 6. The van der Waals surface area contributed by atoms with Crippen LogP contribution in [-0.4, -0.2) is 202 Å². The van der Waals surface area contributed by atoms with Crippen LogP contribution in [0.25, 0.3) is 0 Å². The first-order chi connectivity index (χ1) is 31.3. The van der Waals surface area contributed by atoms with E-state index in [0.717, 1.165) is 5.57 Å². The van der Waals surface area contributed by atoms with Crippen LogP contribution in [0.2, 0.25) is 0 Å². The molecule has 4 saturated carbocycles. The fourth-order valence-electron chi connectivity index (χ4n) is 14.9. The standard InChI is InChI=1S/C48H82O19/c1-21(2)10-9-13-48(8,67-42-38(61)35(58)32(55)26(19-50)64-42)22-11-15-46(6)30(22)23(52)16-28-45(5)14-12-29(53)44(3,4)40(45)24(17-47(28,46)7)62-43-39(36(59)33(56)27(20-51)65-43)66-41-37(60)34(57)31(54)25(18-49)63-41/h10,22-43,49-61H,9,11-20H2,1-8H3/t22-,23+,24+,25+,26+,27+,28+,29+,30-,31+,32+,33+,34-,35-,36-,37+,38+,39+,40+,41-,42-,43+,45+,46+,47+,48+/m0/s1. The number of hydrogen-bond acceptors (Lipinski definition) is 19. The molecule has 13 N–H and O–H groups in total. The van der Waals surface area contributed by atoms with Gasteiger partial charge in [0.2, 0.25) is 0 Å². The molecule has 26 atom stereocenters. The van der Waals surface area contributed by atoms with Crippen molar-refractivity contribution < 1.29 is 94.8 Å². The Morgan fingerprint density at radius 2 is 1.18 bits per heavy atom. The predicted molar refractivity (Wildman–Crippen MR) is 235 cm³/mol. The number of hydrogen-bond donors (Lipinski definition) is 13. The fraction of sp³-hybridized carbons (Fsp3) is 0.958. The molecule has 67 heavy (non-hydrogen) atoms. The third kappa shape index (κ3) is 9.03. The van der Waals surface area contributed by atoms with Gasteiger partial charge in [-0.2, -0.15) is 0 Å². The van der Waals surface area contributed by atoms with E-state index in [1.165, 1.54) is 0 Å². The number of aliphatic hydroxyl groups excluding tert-OH is 13. The molecular weight excluding hydrogens is 881 g/mol. The molecule has 0 aromatic heterocycles. The van der Waals surface area contributed by atoms with Crippen molar-refractivity contribution in [3.63, 3.8) is 0 Å². The van der Waals surface area contributed by atoms with Crippen LogP contribution in [0.4, 0.5) is 0 Å². The molecule has 7 fully saturated rings. The van der Waals surface area contributed by atoms with Gasteiger partial charge >= 0.3 is 0 Å². The monoisotopic (exact) mass is 963 g/mol. The van der Waals surface area contributed by atoms with Crippen LogP contribution >= 0.6 is 0 Å². The Balaban J connectivity index is 1.27. The van der Waals surface area contributed by atoms with Gasteiger partial charge in [0.15, 0.2) is 18.9 Å². The van der Waals surface area contributed by atoms with Crippen molar-refractivity contribution in [2.75, 3.05) is 19.8 Å². The van der Waals surface area contributed by atoms with Gasteiger partial charge in [0.25, 0.3) is 0 Å². The van der Waals surface area contributed by atoms with Crippen molar-refractivity contribution in [2.24, 2.45) is 45.3 Å². The number of allylic oxidation sites excluding steroid dienone is 2. The van der Waals surface area contributed by atoms with Crippen molar-refractivity contribution in [3.8, 4) is 0 Å². The van der Waals surface area contributed by atoms with Crippen LogP contribution < -0.4 is 0 Å². The second-order valence-electron chi connectivity index (χ2n) is 23.1. The average Bonchev–Trinajstić information content (AvgIpc) is 3.66. The summed E-state index contributed by atoms with van der Waals surface area (Å²) < 4.78 is 37.9. The molecule has 0 unspecified atom stereocenters. The Hall–Kier alpha value is -1.02. The quantitative estimate of drug-likeness (QED) is 0.0773. The minimum Gasteiger partial charge on any atom is -0.394 e. The van der Waals surface area contributed by atoms with E-state index in [2.05, 4.69) is 26.8 Å². The maximum atomic E-state index is 12.7. The van der Waals surface area contributed by atoms with E-state index in [1.807, 2.05) is 34.6 Å². The zero-order valence-electron chi connectivity index (χ0n) is 40.3. The lowest BCUT2D eigenvalue weighted by Crippen LogP contribution is -2.71. The molecule has 3 heterocycles. The second kappa shape index (κ2) is 19.8. The normalized spacial score (nSPS) is 52.9. The third-order valence-electron chi connectivity index (χ3n) is 18.7. The Bertz CT molecular complexity index is 1710. The smallest absolute Gasteiger partial charge is 0.187 e. The van der Waals surface area contributed by atoms with Crippen LogP contribution in [0.1, 0.15) is 107 Å². The highest BCUT2D eigenvalue weighted by atomic mass is 16.8. The van der Waals surface area contributed by atoms with Crippen LogP contribution in [-0.2, 0) is 28.4 Å². The number of aliphatic hydroxyl groups is 13. The molecule has 0 spiro atoms. The molecule has 7 rings (SSSR count). The van der Waals surface area contributed by atoms with Crippen molar-refractivity contribution >= 4 is 0 Å². The maximum Gasteiger partial charge on any atom is 0.187 e. The van der Waals surface area contributed by atoms with Gasteiger partial charge in [-0.3, -0.25) is 0 Å². The first kappa shape index (κ1) is 53.8. The van der Waals surface area contributed by atoms with Gasteiger partial charge in [0, 0.05) is 0 Å². The molecule has 19 heteroatoms.